The molecule has 106 valence electrons. The monoisotopic (exact) mass is 283 g/mol. The van der Waals surface area contributed by atoms with Gasteiger partial charge in [-0.1, -0.05) is 18.2 Å². The molecule has 0 bridgehead atoms. The molecule has 1 aromatic carbocycles. The van der Waals surface area contributed by atoms with Gasteiger partial charge < -0.3 is 15.0 Å². The van der Waals surface area contributed by atoms with Crippen molar-refractivity contribution >= 4 is 25.0 Å². The lowest BCUT2D eigenvalue weighted by molar-refractivity contribution is 0.00578. The van der Waals surface area contributed by atoms with Gasteiger partial charge in [0.2, 0.25) is 0 Å². The van der Waals surface area contributed by atoms with Gasteiger partial charge in [-0.25, -0.2) is 0 Å². The first-order chi connectivity index (χ1) is 8.27. The Kier molecular flexibility index (Phi) is 4.73. The minimum Gasteiger partial charge on any atom is -0.399 e. The smallest absolute Gasteiger partial charge is 0.399 e. The Morgan fingerprint density at radius 3 is 2.05 bits per heavy atom. The topological polar surface area (TPSA) is 44.5 Å². The van der Waals surface area contributed by atoms with Crippen LogP contribution >= 0.6 is 12.4 Å². The van der Waals surface area contributed by atoms with Crippen molar-refractivity contribution < 1.29 is 9.31 Å². The van der Waals surface area contributed by atoms with Crippen molar-refractivity contribution in [1.29, 1.82) is 0 Å². The van der Waals surface area contributed by atoms with Gasteiger partial charge in [-0.3, -0.25) is 0 Å². The fraction of sp³-hybridized carbons (Fsp3) is 0.571. The van der Waals surface area contributed by atoms with Gasteiger partial charge in [-0.2, -0.15) is 0 Å². The van der Waals surface area contributed by atoms with E-state index in [2.05, 4.69) is 46.8 Å². The van der Waals surface area contributed by atoms with Crippen LogP contribution in [0.3, 0.4) is 0 Å². The first kappa shape index (κ1) is 16.5. The molecular formula is C14H23BClNO2. The third-order valence-corrected chi connectivity index (χ3v) is 4.11. The Hall–Kier alpha value is -0.545. The average Bonchev–Trinajstić information content (AvgIpc) is 2.48. The molecule has 0 aromatic heterocycles. The van der Waals surface area contributed by atoms with Crippen LogP contribution in [0.5, 0.6) is 0 Å². The predicted octanol–water partition coefficient (Wildman–Crippen LogP) is 2.17. The van der Waals surface area contributed by atoms with E-state index in [1.807, 2.05) is 6.07 Å². The molecule has 2 rings (SSSR count). The van der Waals surface area contributed by atoms with Gasteiger partial charge >= 0.3 is 7.12 Å². The van der Waals surface area contributed by atoms with E-state index in [4.69, 9.17) is 15.0 Å². The van der Waals surface area contributed by atoms with Gasteiger partial charge in [0.1, 0.15) is 0 Å². The molecule has 0 radical (unpaired) electrons. The summed E-state index contributed by atoms with van der Waals surface area (Å²) in [5.41, 5.74) is 8.50. The van der Waals surface area contributed by atoms with Gasteiger partial charge in [0, 0.05) is 6.54 Å². The van der Waals surface area contributed by atoms with Crippen molar-refractivity contribution in [2.75, 3.05) is 0 Å². The lowest BCUT2D eigenvalue weighted by Crippen LogP contribution is -2.41. The molecule has 0 amide bonds. The van der Waals surface area contributed by atoms with E-state index in [-0.39, 0.29) is 30.7 Å². The van der Waals surface area contributed by atoms with Crippen LogP contribution in [0.25, 0.3) is 0 Å². The summed E-state index contributed by atoms with van der Waals surface area (Å²) in [6.07, 6.45) is 0. The Labute approximate surface area is 122 Å². The van der Waals surface area contributed by atoms with Crippen molar-refractivity contribution in [2.24, 2.45) is 5.73 Å². The van der Waals surface area contributed by atoms with E-state index in [0.29, 0.717) is 6.54 Å². The van der Waals surface area contributed by atoms with Crippen molar-refractivity contribution in [1.82, 2.24) is 0 Å². The molecule has 2 N–H and O–H groups in total. The van der Waals surface area contributed by atoms with E-state index in [0.717, 1.165) is 11.0 Å². The van der Waals surface area contributed by atoms with Crippen LogP contribution in [-0.4, -0.2) is 18.3 Å². The molecule has 1 aliphatic heterocycles. The van der Waals surface area contributed by atoms with Crippen molar-refractivity contribution in [2.45, 2.75) is 52.4 Å². The van der Waals surface area contributed by atoms with Gasteiger partial charge in [0.25, 0.3) is 0 Å². The lowest BCUT2D eigenvalue weighted by atomic mass is 9.78. The molecule has 0 aliphatic carbocycles. The Morgan fingerprint density at radius 1 is 1.11 bits per heavy atom. The summed E-state index contributed by atoms with van der Waals surface area (Å²) >= 11 is 0. The number of aryl methyl sites for hydroxylation is 1. The molecule has 3 nitrogen and oxygen atoms in total. The third kappa shape index (κ3) is 2.97. The fourth-order valence-electron chi connectivity index (χ4n) is 2.07. The van der Waals surface area contributed by atoms with E-state index >= 15 is 0 Å². The van der Waals surface area contributed by atoms with Gasteiger partial charge in [-0.15, -0.1) is 12.4 Å². The predicted molar refractivity (Wildman–Crippen MR) is 82.0 cm³/mol. The molecule has 0 unspecified atom stereocenters. The number of rotatable bonds is 2. The highest BCUT2D eigenvalue weighted by atomic mass is 35.5. The highest BCUT2D eigenvalue weighted by Crippen LogP contribution is 2.36. The zero-order valence-electron chi connectivity index (χ0n) is 12.3. The fourth-order valence-corrected chi connectivity index (χ4v) is 2.07. The van der Waals surface area contributed by atoms with Crippen LogP contribution in [0.4, 0.5) is 0 Å². The molecule has 5 heteroatoms. The normalized spacial score (nSPS) is 20.2. The van der Waals surface area contributed by atoms with Gasteiger partial charge in [0.05, 0.1) is 11.2 Å². The van der Waals surface area contributed by atoms with E-state index in [1.165, 1.54) is 5.56 Å². The first-order valence-corrected chi connectivity index (χ1v) is 6.42. The quantitative estimate of drug-likeness (QED) is 0.846. The number of hydrogen-bond donors (Lipinski definition) is 1. The molecule has 0 atom stereocenters. The first-order valence-electron chi connectivity index (χ1n) is 6.42. The number of hydrogen-bond acceptors (Lipinski definition) is 3. The van der Waals surface area contributed by atoms with E-state index < -0.39 is 0 Å². The molecule has 0 spiro atoms. The Bertz CT molecular complexity index is 447. The summed E-state index contributed by atoms with van der Waals surface area (Å²) in [4.78, 5) is 0. The molecule has 1 saturated heterocycles. The summed E-state index contributed by atoms with van der Waals surface area (Å²) in [5, 5.41) is 0. The Balaban J connectivity index is 0.00000180. The standard InChI is InChI=1S/C14H22BNO2.ClH/c1-10-8-12(7-6-11(10)9-16)15-17-13(2,3)14(4,5)18-15;/h6-8H,9,16H2,1-5H3;1H. The molecular weight excluding hydrogens is 260 g/mol. The van der Waals surface area contributed by atoms with E-state index in [1.54, 1.807) is 0 Å². The van der Waals surface area contributed by atoms with Crippen molar-refractivity contribution in [3.8, 4) is 0 Å². The second-order valence-electron chi connectivity index (χ2n) is 5.98. The second kappa shape index (κ2) is 5.45. The maximum Gasteiger partial charge on any atom is 0.494 e. The van der Waals surface area contributed by atoms with Gasteiger partial charge in [0.15, 0.2) is 0 Å². The maximum atomic E-state index is 6.03. The zero-order chi connectivity index (χ0) is 13.6. The molecule has 1 aromatic rings. The van der Waals surface area contributed by atoms with Crippen molar-refractivity contribution in [3.05, 3.63) is 29.3 Å². The van der Waals surface area contributed by atoms with Crippen LogP contribution in [0.1, 0.15) is 38.8 Å². The number of benzene rings is 1. The molecule has 1 aliphatic rings. The largest absolute Gasteiger partial charge is 0.494 e. The number of halogens is 1. The highest BCUT2D eigenvalue weighted by molar-refractivity contribution is 6.62. The maximum absolute atomic E-state index is 6.03. The summed E-state index contributed by atoms with van der Waals surface area (Å²) in [6.45, 7) is 10.9. The van der Waals surface area contributed by atoms with Crippen LogP contribution in [0, 0.1) is 6.92 Å². The minimum absolute atomic E-state index is 0. The summed E-state index contributed by atoms with van der Waals surface area (Å²) in [7, 11) is -0.291. The summed E-state index contributed by atoms with van der Waals surface area (Å²) in [5.74, 6) is 0. The summed E-state index contributed by atoms with van der Waals surface area (Å²) in [6, 6.07) is 6.19. The minimum atomic E-state index is -0.294. The third-order valence-electron chi connectivity index (χ3n) is 4.11. The lowest BCUT2D eigenvalue weighted by Gasteiger charge is -2.32. The highest BCUT2D eigenvalue weighted by Gasteiger charge is 2.51. The van der Waals surface area contributed by atoms with E-state index in [9.17, 15) is 0 Å². The Morgan fingerprint density at radius 2 is 1.63 bits per heavy atom. The average molecular weight is 284 g/mol. The van der Waals surface area contributed by atoms with Crippen molar-refractivity contribution in [3.63, 3.8) is 0 Å². The van der Waals surface area contributed by atoms with Crippen LogP contribution in [-0.2, 0) is 15.9 Å². The zero-order valence-corrected chi connectivity index (χ0v) is 13.1. The van der Waals surface area contributed by atoms with Crippen LogP contribution < -0.4 is 11.2 Å². The van der Waals surface area contributed by atoms with Gasteiger partial charge in [-0.05, 0) is 51.2 Å². The van der Waals surface area contributed by atoms with Crippen LogP contribution in [0.2, 0.25) is 0 Å². The van der Waals surface area contributed by atoms with Crippen LogP contribution in [0.15, 0.2) is 18.2 Å². The molecule has 0 saturated carbocycles. The number of nitrogens with two attached hydrogens (primary N) is 1. The second-order valence-corrected chi connectivity index (χ2v) is 5.98. The molecule has 1 fully saturated rings. The molecule has 1 heterocycles. The SMILES string of the molecule is Cc1cc(B2OC(C)(C)C(C)(C)O2)ccc1CN.Cl. The summed E-state index contributed by atoms with van der Waals surface area (Å²) < 4.78 is 12.1. The molecule has 19 heavy (non-hydrogen) atoms.